The summed E-state index contributed by atoms with van der Waals surface area (Å²) in [4.78, 5) is 26.4. The second-order valence-corrected chi connectivity index (χ2v) is 6.75. The van der Waals surface area contributed by atoms with E-state index < -0.39 is 6.10 Å². The van der Waals surface area contributed by atoms with Crippen LogP contribution in [-0.2, 0) is 9.59 Å². The van der Waals surface area contributed by atoms with Crippen LogP contribution in [-0.4, -0.2) is 24.5 Å². The fourth-order valence-electron chi connectivity index (χ4n) is 2.98. The van der Waals surface area contributed by atoms with E-state index in [-0.39, 0.29) is 24.3 Å². The van der Waals surface area contributed by atoms with Gasteiger partial charge in [0, 0.05) is 18.0 Å². The van der Waals surface area contributed by atoms with Crippen LogP contribution in [0.25, 0.3) is 0 Å². The van der Waals surface area contributed by atoms with Crippen LogP contribution in [0.4, 0.5) is 5.69 Å². The van der Waals surface area contributed by atoms with Crippen LogP contribution in [0.1, 0.15) is 31.9 Å². The molecule has 0 spiro atoms. The Hall–Kier alpha value is -2.53. The molecule has 0 saturated heterocycles. The number of ether oxygens (including phenoxy) is 1. The molecule has 2 atom stereocenters. The molecule has 0 unspecified atom stereocenters. The van der Waals surface area contributed by atoms with E-state index in [2.05, 4.69) is 5.32 Å². The Morgan fingerprint density at radius 2 is 2.04 bits per heavy atom. The number of carbonyl (C=O) groups excluding carboxylic acids is 2. The minimum Gasteiger partial charge on any atom is -0.479 e. The van der Waals surface area contributed by atoms with Gasteiger partial charge in [-0.3, -0.25) is 9.59 Å². The molecule has 1 heterocycles. The van der Waals surface area contributed by atoms with Gasteiger partial charge in [-0.25, -0.2) is 0 Å². The summed E-state index contributed by atoms with van der Waals surface area (Å²) in [5.41, 5.74) is 1.64. The zero-order valence-corrected chi connectivity index (χ0v) is 15.5. The third kappa shape index (κ3) is 3.99. The Bertz CT molecular complexity index is 824. The Balaban J connectivity index is 1.63. The smallest absolute Gasteiger partial charge is 0.267 e. The van der Waals surface area contributed by atoms with Crippen LogP contribution in [0.3, 0.4) is 0 Å². The van der Waals surface area contributed by atoms with Crippen molar-refractivity contribution in [3.8, 4) is 5.75 Å². The first kappa shape index (κ1) is 18.3. The SMILES string of the molecule is C[C@@H]1Oc2ccccc2N(CCC(=O)N[C@H](C)c2cccc(Cl)c2)C1=O. The van der Waals surface area contributed by atoms with E-state index in [0.717, 1.165) is 5.56 Å². The molecule has 0 fully saturated rings. The van der Waals surface area contributed by atoms with Crippen molar-refractivity contribution in [2.75, 3.05) is 11.4 Å². The van der Waals surface area contributed by atoms with Gasteiger partial charge >= 0.3 is 0 Å². The highest BCUT2D eigenvalue weighted by atomic mass is 35.5. The number of nitrogens with zero attached hydrogens (tertiary/aromatic N) is 1. The molecule has 1 N–H and O–H groups in total. The molecule has 0 bridgehead atoms. The van der Waals surface area contributed by atoms with Gasteiger partial charge in [-0.05, 0) is 43.7 Å². The number of anilines is 1. The zero-order chi connectivity index (χ0) is 18.7. The third-order valence-electron chi connectivity index (χ3n) is 4.36. The first-order valence-corrected chi connectivity index (χ1v) is 8.95. The monoisotopic (exact) mass is 372 g/mol. The predicted octanol–water partition coefficient (Wildman–Crippen LogP) is 3.72. The summed E-state index contributed by atoms with van der Waals surface area (Å²) in [6.45, 7) is 3.92. The molecule has 2 aromatic carbocycles. The first-order chi connectivity index (χ1) is 12.5. The topological polar surface area (TPSA) is 58.6 Å². The quantitative estimate of drug-likeness (QED) is 0.870. The summed E-state index contributed by atoms with van der Waals surface area (Å²) >= 11 is 6.00. The van der Waals surface area contributed by atoms with Crippen molar-refractivity contribution in [3.05, 3.63) is 59.1 Å². The molecule has 26 heavy (non-hydrogen) atoms. The van der Waals surface area contributed by atoms with Gasteiger partial charge in [-0.1, -0.05) is 35.9 Å². The number of carbonyl (C=O) groups is 2. The van der Waals surface area contributed by atoms with Crippen LogP contribution in [0.5, 0.6) is 5.75 Å². The normalized spacial score (nSPS) is 17.3. The van der Waals surface area contributed by atoms with Crippen molar-refractivity contribution in [2.24, 2.45) is 0 Å². The lowest BCUT2D eigenvalue weighted by Gasteiger charge is -2.32. The predicted molar refractivity (Wildman–Crippen MR) is 102 cm³/mol. The molecule has 3 rings (SSSR count). The van der Waals surface area contributed by atoms with E-state index >= 15 is 0 Å². The second-order valence-electron chi connectivity index (χ2n) is 6.31. The van der Waals surface area contributed by atoms with Gasteiger partial charge < -0.3 is 15.0 Å². The van der Waals surface area contributed by atoms with Gasteiger partial charge in [0.05, 0.1) is 11.7 Å². The maximum Gasteiger partial charge on any atom is 0.267 e. The molecule has 6 heteroatoms. The van der Waals surface area contributed by atoms with Gasteiger partial charge in [0.25, 0.3) is 5.91 Å². The van der Waals surface area contributed by atoms with E-state index in [9.17, 15) is 9.59 Å². The molecule has 136 valence electrons. The number of nitrogens with one attached hydrogen (secondary N) is 1. The standard InChI is InChI=1S/C20H21ClN2O3/c1-13(15-6-5-7-16(21)12-15)22-19(24)10-11-23-17-8-3-4-9-18(17)26-14(2)20(23)25/h3-9,12-14H,10-11H2,1-2H3,(H,22,24)/t13-,14+/m1/s1. The number of hydrogen-bond acceptors (Lipinski definition) is 3. The number of para-hydroxylation sites is 2. The number of amides is 2. The highest BCUT2D eigenvalue weighted by molar-refractivity contribution is 6.30. The summed E-state index contributed by atoms with van der Waals surface area (Å²) in [6, 6.07) is 14.6. The van der Waals surface area contributed by atoms with Crippen molar-refractivity contribution in [3.63, 3.8) is 0 Å². The summed E-state index contributed by atoms with van der Waals surface area (Å²) in [6.07, 6.45) is -0.351. The van der Waals surface area contributed by atoms with E-state index in [0.29, 0.717) is 23.0 Å². The van der Waals surface area contributed by atoms with Crippen molar-refractivity contribution in [1.29, 1.82) is 0 Å². The molecule has 0 radical (unpaired) electrons. The van der Waals surface area contributed by atoms with Gasteiger partial charge in [-0.15, -0.1) is 0 Å². The van der Waals surface area contributed by atoms with E-state index in [4.69, 9.17) is 16.3 Å². The van der Waals surface area contributed by atoms with Crippen LogP contribution >= 0.6 is 11.6 Å². The van der Waals surface area contributed by atoms with Gasteiger partial charge in [-0.2, -0.15) is 0 Å². The lowest BCUT2D eigenvalue weighted by Crippen LogP contribution is -2.45. The summed E-state index contributed by atoms with van der Waals surface area (Å²) in [5.74, 6) is 0.397. The number of benzene rings is 2. The molecule has 0 saturated carbocycles. The lowest BCUT2D eigenvalue weighted by atomic mass is 10.1. The van der Waals surface area contributed by atoms with Crippen LogP contribution < -0.4 is 15.0 Å². The number of rotatable bonds is 5. The van der Waals surface area contributed by atoms with Gasteiger partial charge in [0.1, 0.15) is 5.75 Å². The molecular weight excluding hydrogens is 352 g/mol. The van der Waals surface area contributed by atoms with Crippen molar-refractivity contribution >= 4 is 29.1 Å². The van der Waals surface area contributed by atoms with Crippen molar-refractivity contribution in [2.45, 2.75) is 32.4 Å². The van der Waals surface area contributed by atoms with E-state index in [1.807, 2.05) is 49.4 Å². The van der Waals surface area contributed by atoms with Crippen LogP contribution in [0.2, 0.25) is 5.02 Å². The zero-order valence-electron chi connectivity index (χ0n) is 14.7. The Kier molecular flexibility index (Phi) is 5.47. The molecule has 1 aliphatic rings. The first-order valence-electron chi connectivity index (χ1n) is 8.57. The van der Waals surface area contributed by atoms with E-state index in [1.165, 1.54) is 0 Å². The Labute approximate surface area is 157 Å². The molecule has 2 aromatic rings. The molecule has 5 nitrogen and oxygen atoms in total. The number of hydrogen-bond donors (Lipinski definition) is 1. The maximum atomic E-state index is 12.4. The minimum absolute atomic E-state index is 0.123. The fourth-order valence-corrected chi connectivity index (χ4v) is 3.17. The fraction of sp³-hybridized carbons (Fsp3) is 0.300. The Morgan fingerprint density at radius 1 is 1.27 bits per heavy atom. The molecule has 1 aliphatic heterocycles. The van der Waals surface area contributed by atoms with E-state index in [1.54, 1.807) is 17.9 Å². The largest absolute Gasteiger partial charge is 0.479 e. The van der Waals surface area contributed by atoms with Crippen molar-refractivity contribution < 1.29 is 14.3 Å². The summed E-state index contributed by atoms with van der Waals surface area (Å²) in [7, 11) is 0. The minimum atomic E-state index is -0.557. The number of fused-ring (bicyclic) bond motifs is 1. The highest BCUT2D eigenvalue weighted by Crippen LogP contribution is 2.33. The van der Waals surface area contributed by atoms with Gasteiger partial charge in [0.2, 0.25) is 5.91 Å². The molecule has 2 amide bonds. The molecular formula is C20H21ClN2O3. The molecule has 0 aliphatic carbocycles. The number of halogens is 1. The average Bonchev–Trinajstić information content (AvgIpc) is 2.62. The summed E-state index contributed by atoms with van der Waals surface area (Å²) in [5, 5.41) is 3.58. The lowest BCUT2D eigenvalue weighted by molar-refractivity contribution is -0.125. The van der Waals surface area contributed by atoms with Crippen LogP contribution in [0.15, 0.2) is 48.5 Å². The van der Waals surface area contributed by atoms with Crippen LogP contribution in [0, 0.1) is 0 Å². The summed E-state index contributed by atoms with van der Waals surface area (Å²) < 4.78 is 5.61. The Morgan fingerprint density at radius 3 is 2.81 bits per heavy atom. The third-order valence-corrected chi connectivity index (χ3v) is 4.60. The maximum absolute atomic E-state index is 12.4. The van der Waals surface area contributed by atoms with Crippen molar-refractivity contribution in [1.82, 2.24) is 5.32 Å². The average molecular weight is 373 g/mol. The highest BCUT2D eigenvalue weighted by Gasteiger charge is 2.31. The molecule has 0 aromatic heterocycles. The second kappa shape index (κ2) is 7.79. The van der Waals surface area contributed by atoms with Gasteiger partial charge in [0.15, 0.2) is 6.10 Å².